The molecule has 1 rings (SSSR count). The van der Waals surface area contributed by atoms with Gasteiger partial charge in [-0.2, -0.15) is 8.42 Å². The molecule has 0 aromatic heterocycles. The predicted molar refractivity (Wildman–Crippen MR) is 102 cm³/mol. The minimum Gasteiger partial charge on any atom is -0.282 e. The van der Waals surface area contributed by atoms with Gasteiger partial charge in [-0.15, -0.1) is 0 Å². The maximum Gasteiger partial charge on any atom is 0.294 e. The molecule has 0 bridgehead atoms. The van der Waals surface area contributed by atoms with Crippen LogP contribution in [0.5, 0.6) is 0 Å². The summed E-state index contributed by atoms with van der Waals surface area (Å²) in [5.41, 5.74) is 0.726. The lowest BCUT2D eigenvalue weighted by Crippen LogP contribution is -2.03. The van der Waals surface area contributed by atoms with Gasteiger partial charge in [0, 0.05) is 0 Å². The van der Waals surface area contributed by atoms with Gasteiger partial charge in [0.15, 0.2) is 0 Å². The molecule has 25 heavy (non-hydrogen) atoms. The molecule has 0 aliphatic carbocycles. The van der Waals surface area contributed by atoms with Crippen molar-refractivity contribution in [3.63, 3.8) is 0 Å². The maximum absolute atomic E-state index is 11.3. The molecule has 0 aliphatic rings. The monoisotopic (exact) mass is 368 g/mol. The maximum atomic E-state index is 11.3. The van der Waals surface area contributed by atoms with Crippen molar-refractivity contribution in [2.45, 2.75) is 82.4 Å². The Hall–Kier alpha value is -1.49. The summed E-state index contributed by atoms with van der Waals surface area (Å²) in [5.74, 6) is 0. The summed E-state index contributed by atoms with van der Waals surface area (Å²) in [6.45, 7) is 2.24. The molecule has 5 nitrogen and oxygen atoms in total. The van der Waals surface area contributed by atoms with Gasteiger partial charge in [-0.3, -0.25) is 4.55 Å². The van der Waals surface area contributed by atoms with E-state index in [1.54, 1.807) is 12.1 Å². The molecule has 0 spiro atoms. The topological polar surface area (TPSA) is 102 Å². The Morgan fingerprint density at radius 2 is 1.32 bits per heavy atom. The van der Waals surface area contributed by atoms with Crippen LogP contribution in [-0.4, -0.2) is 19.0 Å². The van der Waals surface area contributed by atoms with Crippen molar-refractivity contribution in [2.24, 2.45) is 0 Å². The van der Waals surface area contributed by atoms with Gasteiger partial charge in [-0.05, 0) is 24.5 Å². The number of rotatable bonds is 12. The molecule has 0 unspecified atom stereocenters. The molecule has 0 amide bonds. The van der Waals surface area contributed by atoms with Crippen LogP contribution in [-0.2, 0) is 16.5 Å². The highest BCUT2D eigenvalue weighted by Gasteiger charge is 2.13. The normalized spacial score (nSPS) is 10.6. The second kappa shape index (κ2) is 14.8. The Morgan fingerprint density at radius 1 is 0.880 bits per heavy atom. The third-order valence-electron chi connectivity index (χ3n) is 4.05. The fourth-order valence-corrected chi connectivity index (χ4v) is 3.52. The standard InChI is InChI=1S/C18H30O3S.CH2N2/c1-2-3-4-5-6-7-8-9-10-11-14-17-15-12-13-16-18(17)22(19,20)21;2-1-3/h12-13,15-16H,2-11,14H2,1H3,(H,19,20,21);2-3H. The number of hydrogen-bond donors (Lipinski definition) is 3. The molecule has 6 heteroatoms. The third-order valence-corrected chi connectivity index (χ3v) is 5.00. The third kappa shape index (κ3) is 12.5. The number of benzene rings is 1. The lowest BCUT2D eigenvalue weighted by Gasteiger charge is -2.07. The van der Waals surface area contributed by atoms with Gasteiger partial charge in [-0.25, -0.2) is 10.8 Å². The van der Waals surface area contributed by atoms with Crippen LogP contribution in [0.4, 0.5) is 0 Å². The van der Waals surface area contributed by atoms with E-state index < -0.39 is 10.1 Å². The minimum absolute atomic E-state index is 0.0610. The van der Waals surface area contributed by atoms with Crippen LogP contribution in [0.1, 0.15) is 76.7 Å². The minimum atomic E-state index is -4.10. The molecule has 3 N–H and O–H groups in total. The highest BCUT2D eigenvalue weighted by molar-refractivity contribution is 7.85. The fraction of sp³-hybridized carbons (Fsp3) is 0.632. The first kappa shape index (κ1) is 23.5. The van der Waals surface area contributed by atoms with E-state index in [-0.39, 0.29) is 4.90 Å². The molecule has 1 aromatic rings. The Labute approximate surface area is 152 Å². The van der Waals surface area contributed by atoms with Crippen molar-refractivity contribution in [1.29, 1.82) is 10.8 Å². The van der Waals surface area contributed by atoms with E-state index in [4.69, 9.17) is 10.8 Å². The van der Waals surface area contributed by atoms with Gasteiger partial charge in [0.1, 0.15) is 0 Å². The number of nitrogens with one attached hydrogen (secondary N) is 2. The summed E-state index contributed by atoms with van der Waals surface area (Å²) in [4.78, 5) is 0.0610. The van der Waals surface area contributed by atoms with Crippen molar-refractivity contribution < 1.29 is 13.0 Å². The summed E-state index contributed by atoms with van der Waals surface area (Å²) >= 11 is 0. The van der Waals surface area contributed by atoms with E-state index in [1.165, 1.54) is 63.4 Å². The molecule has 0 fully saturated rings. The second-order valence-corrected chi connectivity index (χ2v) is 7.53. The van der Waals surface area contributed by atoms with Crippen molar-refractivity contribution in [1.82, 2.24) is 0 Å². The molecular formula is C19H32N2O3S. The van der Waals surface area contributed by atoms with Crippen LogP contribution in [0, 0.1) is 10.8 Å². The quantitative estimate of drug-likeness (QED) is 0.250. The number of hydrogen-bond acceptors (Lipinski definition) is 4. The fourth-order valence-electron chi connectivity index (χ4n) is 2.76. The first-order valence-corrected chi connectivity index (χ1v) is 10.5. The van der Waals surface area contributed by atoms with Gasteiger partial charge in [0.2, 0.25) is 0 Å². The second-order valence-electron chi connectivity index (χ2n) is 6.14. The SMILES string of the molecule is CCCCCCCCCCCCc1ccccc1S(=O)(=O)O.N=C=N. The molecule has 1 aromatic carbocycles. The molecule has 0 saturated heterocycles. The van der Waals surface area contributed by atoms with Gasteiger partial charge in [0.05, 0.1) is 10.9 Å². The molecule has 142 valence electrons. The lowest BCUT2D eigenvalue weighted by molar-refractivity contribution is 0.481. The van der Waals surface area contributed by atoms with Crippen LogP contribution in [0.15, 0.2) is 29.2 Å². The number of unbranched alkanes of at least 4 members (excludes halogenated alkanes) is 9. The molecule has 0 radical (unpaired) electrons. The highest BCUT2D eigenvalue weighted by Crippen LogP contribution is 2.18. The molecular weight excluding hydrogens is 336 g/mol. The summed E-state index contributed by atoms with van der Waals surface area (Å²) in [6, 6.07) is 7.98. The summed E-state index contributed by atoms with van der Waals surface area (Å²) in [6.07, 6.45) is 13.3. The van der Waals surface area contributed by atoms with Gasteiger partial charge >= 0.3 is 0 Å². The molecule has 0 aliphatic heterocycles. The van der Waals surface area contributed by atoms with Gasteiger partial charge in [0.25, 0.3) is 10.1 Å². The van der Waals surface area contributed by atoms with E-state index in [0.717, 1.165) is 18.4 Å². The smallest absolute Gasteiger partial charge is 0.282 e. The van der Waals surface area contributed by atoms with E-state index in [9.17, 15) is 13.0 Å². The Morgan fingerprint density at radius 3 is 1.80 bits per heavy atom. The van der Waals surface area contributed by atoms with E-state index in [0.29, 0.717) is 6.42 Å². The molecule has 0 atom stereocenters. The Bertz CT molecular complexity index is 594. The van der Waals surface area contributed by atoms with Crippen LogP contribution >= 0.6 is 0 Å². The first-order chi connectivity index (χ1) is 12.0. The average molecular weight is 369 g/mol. The molecule has 0 saturated carbocycles. The van der Waals surface area contributed by atoms with Crippen molar-refractivity contribution in [3.8, 4) is 0 Å². The van der Waals surface area contributed by atoms with Crippen LogP contribution in [0.2, 0.25) is 0 Å². The number of aryl methyl sites for hydroxylation is 1. The lowest BCUT2D eigenvalue weighted by atomic mass is 10.0. The predicted octanol–water partition coefficient (Wildman–Crippen LogP) is 5.71. The van der Waals surface area contributed by atoms with Crippen LogP contribution in [0.25, 0.3) is 0 Å². The van der Waals surface area contributed by atoms with E-state index >= 15 is 0 Å². The van der Waals surface area contributed by atoms with Crippen molar-refractivity contribution >= 4 is 16.1 Å². The van der Waals surface area contributed by atoms with Crippen LogP contribution < -0.4 is 0 Å². The van der Waals surface area contributed by atoms with Gasteiger partial charge in [-0.1, -0.05) is 82.9 Å². The van der Waals surface area contributed by atoms with Crippen LogP contribution in [0.3, 0.4) is 0 Å². The molecule has 0 heterocycles. The van der Waals surface area contributed by atoms with Crippen molar-refractivity contribution in [2.75, 3.05) is 0 Å². The first-order valence-electron chi connectivity index (χ1n) is 9.11. The highest BCUT2D eigenvalue weighted by atomic mass is 32.2. The summed E-state index contributed by atoms with van der Waals surface area (Å²) in [7, 11) is -4.10. The van der Waals surface area contributed by atoms with E-state index in [1.807, 2.05) is 6.07 Å². The van der Waals surface area contributed by atoms with Gasteiger partial charge < -0.3 is 0 Å². The Kier molecular flexibility index (Phi) is 13.9. The zero-order chi connectivity index (χ0) is 19.0. The largest absolute Gasteiger partial charge is 0.294 e. The average Bonchev–Trinajstić information content (AvgIpc) is 2.57. The Balaban J connectivity index is 0.00000178. The van der Waals surface area contributed by atoms with E-state index in [2.05, 4.69) is 6.92 Å². The van der Waals surface area contributed by atoms with Crippen molar-refractivity contribution in [3.05, 3.63) is 29.8 Å². The zero-order valence-electron chi connectivity index (χ0n) is 15.3. The zero-order valence-corrected chi connectivity index (χ0v) is 16.1. The summed E-state index contributed by atoms with van der Waals surface area (Å²) in [5, 5.41) is 11.2. The summed E-state index contributed by atoms with van der Waals surface area (Å²) < 4.78 is 31.8.